The number of fused-ring (bicyclic) bond motifs is 3. The van der Waals surface area contributed by atoms with Crippen molar-refractivity contribution in [1.82, 2.24) is 4.98 Å². The van der Waals surface area contributed by atoms with E-state index in [1.54, 1.807) is 11.8 Å². The van der Waals surface area contributed by atoms with Crippen molar-refractivity contribution in [3.05, 3.63) is 51.8 Å². The third kappa shape index (κ3) is 3.49. The first-order chi connectivity index (χ1) is 13.4. The summed E-state index contributed by atoms with van der Waals surface area (Å²) < 4.78 is 0. The number of hydrogen-bond donors (Lipinski definition) is 1. The van der Waals surface area contributed by atoms with Gasteiger partial charge in [0.1, 0.15) is 0 Å². The highest BCUT2D eigenvalue weighted by molar-refractivity contribution is 7.99. The van der Waals surface area contributed by atoms with Crippen LogP contribution >= 0.6 is 35.0 Å². The summed E-state index contributed by atoms with van der Waals surface area (Å²) in [7, 11) is 0. The van der Waals surface area contributed by atoms with Crippen LogP contribution in [0.4, 0.5) is 5.69 Å². The Morgan fingerprint density at radius 3 is 2.79 bits per heavy atom. The fourth-order valence-corrected chi connectivity index (χ4v) is 6.35. The molecule has 3 heterocycles. The predicted molar refractivity (Wildman–Crippen MR) is 115 cm³/mol. The second-order valence-electron chi connectivity index (χ2n) is 7.73. The largest absolute Gasteiger partial charge is 0.481 e. The van der Waals surface area contributed by atoms with Crippen molar-refractivity contribution in [1.29, 1.82) is 0 Å². The van der Waals surface area contributed by atoms with Crippen LogP contribution < -0.4 is 4.90 Å². The molecule has 0 amide bonds. The number of hydrogen-bond acceptors (Lipinski definition) is 4. The molecule has 1 N–H and O–H groups in total. The lowest BCUT2D eigenvalue weighted by Crippen LogP contribution is -2.32. The molecule has 0 bridgehead atoms. The second-order valence-corrected chi connectivity index (χ2v) is 9.76. The van der Waals surface area contributed by atoms with Crippen LogP contribution in [-0.4, -0.2) is 28.6 Å². The SMILES string of the molecule is CC(C)c1nccc2c1C(Sc1ccc(Cl)c(Cl)c1)C1C(CC(=O)O)CCN21. The number of benzene rings is 1. The van der Waals surface area contributed by atoms with E-state index in [2.05, 4.69) is 29.8 Å². The van der Waals surface area contributed by atoms with E-state index in [9.17, 15) is 9.90 Å². The van der Waals surface area contributed by atoms with Gasteiger partial charge in [0.25, 0.3) is 0 Å². The van der Waals surface area contributed by atoms with Crippen molar-refractivity contribution in [2.45, 2.75) is 48.8 Å². The van der Waals surface area contributed by atoms with Crippen molar-refractivity contribution in [3.8, 4) is 0 Å². The number of aromatic nitrogens is 1. The highest BCUT2D eigenvalue weighted by Crippen LogP contribution is 2.56. The average Bonchev–Trinajstić information content (AvgIpc) is 3.17. The van der Waals surface area contributed by atoms with E-state index >= 15 is 0 Å². The highest BCUT2D eigenvalue weighted by Gasteiger charge is 2.49. The topological polar surface area (TPSA) is 53.4 Å². The van der Waals surface area contributed by atoms with Crippen molar-refractivity contribution in [2.75, 3.05) is 11.4 Å². The van der Waals surface area contributed by atoms with Crippen LogP contribution in [0.15, 0.2) is 35.4 Å². The maximum Gasteiger partial charge on any atom is 0.303 e. The first-order valence-electron chi connectivity index (χ1n) is 9.45. The van der Waals surface area contributed by atoms with Gasteiger partial charge in [-0.15, -0.1) is 11.8 Å². The Bertz CT molecular complexity index is 921. The van der Waals surface area contributed by atoms with E-state index in [1.807, 2.05) is 24.4 Å². The molecule has 0 spiro atoms. The van der Waals surface area contributed by atoms with E-state index in [4.69, 9.17) is 23.2 Å². The molecule has 2 aromatic rings. The molecule has 7 heteroatoms. The number of thioether (sulfide) groups is 1. The van der Waals surface area contributed by atoms with Crippen LogP contribution in [-0.2, 0) is 4.79 Å². The first-order valence-corrected chi connectivity index (χ1v) is 11.1. The number of carboxylic acids is 1. The summed E-state index contributed by atoms with van der Waals surface area (Å²) in [6.45, 7) is 5.19. The number of pyridine rings is 1. The van der Waals surface area contributed by atoms with Gasteiger partial charge in [-0.25, -0.2) is 0 Å². The van der Waals surface area contributed by atoms with Gasteiger partial charge < -0.3 is 10.0 Å². The van der Waals surface area contributed by atoms with Gasteiger partial charge in [0.2, 0.25) is 0 Å². The van der Waals surface area contributed by atoms with E-state index in [-0.39, 0.29) is 23.6 Å². The predicted octanol–water partition coefficient (Wildman–Crippen LogP) is 6.03. The van der Waals surface area contributed by atoms with Gasteiger partial charge in [-0.2, -0.15) is 0 Å². The summed E-state index contributed by atoms with van der Waals surface area (Å²) in [5.74, 6) is -0.321. The maximum absolute atomic E-state index is 11.5. The number of carboxylic acid groups (broad SMARTS) is 1. The van der Waals surface area contributed by atoms with Gasteiger partial charge in [0.05, 0.1) is 21.7 Å². The minimum atomic E-state index is -0.733. The Morgan fingerprint density at radius 1 is 1.32 bits per heavy atom. The number of rotatable bonds is 5. The zero-order valence-corrected chi connectivity index (χ0v) is 18.1. The normalized spacial score (nSPS) is 23.2. The second kappa shape index (κ2) is 7.77. The summed E-state index contributed by atoms with van der Waals surface area (Å²) in [5, 5.41) is 10.6. The number of halogens is 2. The Morgan fingerprint density at radius 2 is 2.11 bits per heavy atom. The molecular weight excluding hydrogens is 415 g/mol. The van der Waals surface area contributed by atoms with Crippen LogP contribution in [0.1, 0.15) is 49.1 Å². The Hall–Kier alpha value is -1.43. The molecule has 4 nitrogen and oxygen atoms in total. The first kappa shape index (κ1) is 19.9. The monoisotopic (exact) mass is 436 g/mol. The lowest BCUT2D eigenvalue weighted by Gasteiger charge is -2.27. The summed E-state index contributed by atoms with van der Waals surface area (Å²) in [5.41, 5.74) is 3.54. The van der Waals surface area contributed by atoms with Gasteiger partial charge in [0, 0.05) is 40.6 Å². The van der Waals surface area contributed by atoms with Gasteiger partial charge in [-0.3, -0.25) is 9.78 Å². The molecule has 1 aromatic heterocycles. The van der Waals surface area contributed by atoms with Crippen LogP contribution in [0.25, 0.3) is 0 Å². The Kier molecular flexibility index (Phi) is 5.51. The summed E-state index contributed by atoms with van der Waals surface area (Å²) in [6, 6.07) is 7.91. The lowest BCUT2D eigenvalue weighted by atomic mass is 9.91. The zero-order chi connectivity index (χ0) is 20.0. The van der Waals surface area contributed by atoms with E-state index in [1.165, 1.54) is 11.3 Å². The number of aliphatic carboxylic acids is 1. The minimum absolute atomic E-state index is 0.116. The van der Waals surface area contributed by atoms with Gasteiger partial charge >= 0.3 is 5.97 Å². The third-order valence-corrected chi connectivity index (χ3v) is 7.66. The molecular formula is C21H22Cl2N2O2S. The molecule has 2 aliphatic heterocycles. The van der Waals surface area contributed by atoms with Gasteiger partial charge in [-0.05, 0) is 42.5 Å². The molecule has 1 aromatic carbocycles. The van der Waals surface area contributed by atoms with Crippen LogP contribution in [0.3, 0.4) is 0 Å². The van der Waals surface area contributed by atoms with Crippen LogP contribution in [0, 0.1) is 5.92 Å². The van der Waals surface area contributed by atoms with Crippen molar-refractivity contribution in [3.63, 3.8) is 0 Å². The minimum Gasteiger partial charge on any atom is -0.481 e. The number of anilines is 1. The molecule has 0 radical (unpaired) electrons. The Labute approximate surface area is 179 Å². The third-order valence-electron chi connectivity index (χ3n) is 5.62. The standard InChI is InChI=1S/C21H22Cl2N2O2S/c1-11(2)19-18-16(5-7-24-19)25-8-6-12(9-17(26)27)20(25)21(18)28-13-3-4-14(22)15(23)10-13/h3-5,7,10-12,20-21H,6,8-9H2,1-2H3,(H,26,27). The molecule has 3 atom stereocenters. The quantitative estimate of drug-likeness (QED) is 0.619. The molecule has 0 saturated carbocycles. The zero-order valence-electron chi connectivity index (χ0n) is 15.7. The Balaban J connectivity index is 1.78. The lowest BCUT2D eigenvalue weighted by molar-refractivity contribution is -0.138. The molecule has 0 aliphatic carbocycles. The molecule has 28 heavy (non-hydrogen) atoms. The molecule has 148 valence electrons. The summed E-state index contributed by atoms with van der Waals surface area (Å²) in [6.07, 6.45) is 2.97. The summed E-state index contributed by atoms with van der Waals surface area (Å²) >= 11 is 14.1. The smallest absolute Gasteiger partial charge is 0.303 e. The molecule has 2 aliphatic rings. The van der Waals surface area contributed by atoms with E-state index in [0.29, 0.717) is 16.0 Å². The number of carbonyl (C=O) groups is 1. The summed E-state index contributed by atoms with van der Waals surface area (Å²) in [4.78, 5) is 19.6. The fraction of sp³-hybridized carbons (Fsp3) is 0.429. The van der Waals surface area contributed by atoms with Crippen LogP contribution in [0.2, 0.25) is 10.0 Å². The molecule has 1 fully saturated rings. The number of nitrogens with zero attached hydrogens (tertiary/aromatic N) is 2. The van der Waals surface area contributed by atoms with Gasteiger partial charge in [0.15, 0.2) is 0 Å². The van der Waals surface area contributed by atoms with Crippen molar-refractivity contribution < 1.29 is 9.90 Å². The maximum atomic E-state index is 11.5. The van der Waals surface area contributed by atoms with E-state index in [0.717, 1.165) is 23.6 Å². The molecule has 4 rings (SSSR count). The van der Waals surface area contributed by atoms with E-state index < -0.39 is 5.97 Å². The van der Waals surface area contributed by atoms with Gasteiger partial charge in [-0.1, -0.05) is 37.0 Å². The van der Waals surface area contributed by atoms with Crippen molar-refractivity contribution >= 4 is 46.6 Å². The fourth-order valence-electron chi connectivity index (χ4n) is 4.49. The van der Waals surface area contributed by atoms with Crippen LogP contribution in [0.5, 0.6) is 0 Å². The molecule has 1 saturated heterocycles. The highest BCUT2D eigenvalue weighted by atomic mass is 35.5. The average molecular weight is 437 g/mol. The van der Waals surface area contributed by atoms with Crippen molar-refractivity contribution in [2.24, 2.45) is 5.92 Å². The molecule has 3 unspecified atom stereocenters.